The Morgan fingerprint density at radius 2 is 2.05 bits per heavy atom. The van der Waals surface area contributed by atoms with E-state index in [-0.39, 0.29) is 0 Å². The van der Waals surface area contributed by atoms with Crippen LogP contribution in [0.3, 0.4) is 0 Å². The summed E-state index contributed by atoms with van der Waals surface area (Å²) in [6.45, 7) is 5.05. The molecular weight excluding hydrogens is 336 g/mol. The van der Waals surface area contributed by atoms with E-state index in [1.165, 1.54) is 9.35 Å². The molecule has 4 nitrogen and oxygen atoms in total. The number of aromatic nitrogens is 1. The van der Waals surface area contributed by atoms with E-state index in [0.29, 0.717) is 0 Å². The van der Waals surface area contributed by atoms with Crippen LogP contribution in [0.2, 0.25) is 0 Å². The zero-order chi connectivity index (χ0) is 13.9. The highest BCUT2D eigenvalue weighted by Crippen LogP contribution is 2.25. The number of nitrogens with two attached hydrogens (primary N) is 1. The summed E-state index contributed by atoms with van der Waals surface area (Å²) >= 11 is 5.41. The summed E-state index contributed by atoms with van der Waals surface area (Å²) in [5.74, 6) is 0.921. The Kier molecular flexibility index (Phi) is 4.24. The van der Waals surface area contributed by atoms with Gasteiger partial charge in [-0.2, -0.15) is 0 Å². The van der Waals surface area contributed by atoms with Crippen molar-refractivity contribution in [1.29, 1.82) is 0 Å². The Labute approximate surface area is 131 Å². The van der Waals surface area contributed by atoms with Gasteiger partial charge in [0, 0.05) is 48.3 Å². The second-order valence-electron chi connectivity index (χ2n) is 4.87. The number of rotatable bonds is 3. The lowest BCUT2D eigenvalue weighted by Gasteiger charge is -2.35. The summed E-state index contributed by atoms with van der Waals surface area (Å²) in [6, 6.07) is 5.91. The van der Waals surface area contributed by atoms with Crippen LogP contribution in [0.4, 0.5) is 11.5 Å². The van der Waals surface area contributed by atoms with Gasteiger partial charge in [-0.3, -0.25) is 4.90 Å². The average Bonchev–Trinajstić information content (AvgIpc) is 2.86. The van der Waals surface area contributed by atoms with Gasteiger partial charge in [-0.15, -0.1) is 11.3 Å². The van der Waals surface area contributed by atoms with Crippen molar-refractivity contribution in [2.24, 2.45) is 0 Å². The number of thiophene rings is 1. The molecule has 106 valence electrons. The lowest BCUT2D eigenvalue weighted by Crippen LogP contribution is -2.46. The van der Waals surface area contributed by atoms with E-state index in [1.807, 2.05) is 23.5 Å². The predicted octanol–water partition coefficient (Wildman–Crippen LogP) is 2.81. The summed E-state index contributed by atoms with van der Waals surface area (Å²) in [6.07, 6.45) is 1.81. The molecule has 3 rings (SSSR count). The first-order valence-electron chi connectivity index (χ1n) is 6.63. The maximum Gasteiger partial charge on any atom is 0.151 e. The molecule has 0 aliphatic carbocycles. The van der Waals surface area contributed by atoms with Crippen molar-refractivity contribution in [2.45, 2.75) is 6.54 Å². The molecule has 0 radical (unpaired) electrons. The van der Waals surface area contributed by atoms with Crippen LogP contribution in [0.25, 0.3) is 0 Å². The SMILES string of the molecule is Nc1cccnc1N1CCN(Cc2sccc2Br)CC1. The van der Waals surface area contributed by atoms with Crippen LogP contribution in [-0.2, 0) is 6.54 Å². The second kappa shape index (κ2) is 6.11. The molecule has 1 saturated heterocycles. The Balaban J connectivity index is 1.60. The van der Waals surface area contributed by atoms with Crippen molar-refractivity contribution >= 4 is 38.8 Å². The molecule has 1 aliphatic rings. The maximum atomic E-state index is 5.99. The molecule has 0 aromatic carbocycles. The monoisotopic (exact) mass is 352 g/mol. The molecule has 0 amide bonds. The molecule has 20 heavy (non-hydrogen) atoms. The predicted molar refractivity (Wildman–Crippen MR) is 88.2 cm³/mol. The fraction of sp³-hybridized carbons (Fsp3) is 0.357. The highest BCUT2D eigenvalue weighted by Gasteiger charge is 2.20. The number of nitrogen functional groups attached to an aromatic ring is 1. The van der Waals surface area contributed by atoms with E-state index < -0.39 is 0 Å². The quantitative estimate of drug-likeness (QED) is 0.922. The van der Waals surface area contributed by atoms with Crippen LogP contribution in [0.5, 0.6) is 0 Å². The van der Waals surface area contributed by atoms with Crippen molar-refractivity contribution < 1.29 is 0 Å². The van der Waals surface area contributed by atoms with Gasteiger partial charge in [0.25, 0.3) is 0 Å². The number of hydrogen-bond donors (Lipinski definition) is 1. The summed E-state index contributed by atoms with van der Waals surface area (Å²) in [4.78, 5) is 10.5. The molecule has 6 heteroatoms. The Morgan fingerprint density at radius 1 is 1.25 bits per heavy atom. The fourth-order valence-electron chi connectivity index (χ4n) is 2.43. The highest BCUT2D eigenvalue weighted by molar-refractivity contribution is 9.10. The van der Waals surface area contributed by atoms with E-state index in [4.69, 9.17) is 5.73 Å². The van der Waals surface area contributed by atoms with Crippen LogP contribution in [0.15, 0.2) is 34.2 Å². The molecule has 2 aromatic rings. The smallest absolute Gasteiger partial charge is 0.151 e. The third-order valence-corrected chi connectivity index (χ3v) is 5.46. The van der Waals surface area contributed by atoms with Gasteiger partial charge < -0.3 is 10.6 Å². The van der Waals surface area contributed by atoms with Gasteiger partial charge >= 0.3 is 0 Å². The van der Waals surface area contributed by atoms with Crippen molar-refractivity contribution in [3.63, 3.8) is 0 Å². The Bertz CT molecular complexity index is 578. The Morgan fingerprint density at radius 3 is 2.70 bits per heavy atom. The number of hydrogen-bond acceptors (Lipinski definition) is 5. The van der Waals surface area contributed by atoms with Crippen molar-refractivity contribution in [2.75, 3.05) is 36.8 Å². The molecule has 3 heterocycles. The zero-order valence-electron chi connectivity index (χ0n) is 11.1. The van der Waals surface area contributed by atoms with Gasteiger partial charge in [0.15, 0.2) is 5.82 Å². The van der Waals surface area contributed by atoms with Gasteiger partial charge in [0.2, 0.25) is 0 Å². The summed E-state index contributed by atoms with van der Waals surface area (Å²) < 4.78 is 1.22. The summed E-state index contributed by atoms with van der Waals surface area (Å²) in [7, 11) is 0. The number of piperazine rings is 1. The molecule has 0 atom stereocenters. The molecule has 1 fully saturated rings. The molecule has 2 N–H and O–H groups in total. The minimum Gasteiger partial charge on any atom is -0.396 e. The molecule has 0 unspecified atom stereocenters. The molecule has 0 bridgehead atoms. The van der Waals surface area contributed by atoms with Crippen LogP contribution in [0, 0.1) is 0 Å². The lowest BCUT2D eigenvalue weighted by atomic mass is 10.2. The highest BCUT2D eigenvalue weighted by atomic mass is 79.9. The standard InChI is InChI=1S/C14H17BrN4S/c15-11-3-9-20-13(11)10-18-5-7-19(8-6-18)14-12(16)2-1-4-17-14/h1-4,9H,5-8,10,16H2. The van der Waals surface area contributed by atoms with E-state index >= 15 is 0 Å². The van der Waals surface area contributed by atoms with Crippen molar-refractivity contribution in [3.8, 4) is 0 Å². The zero-order valence-corrected chi connectivity index (χ0v) is 13.5. The van der Waals surface area contributed by atoms with E-state index in [1.54, 1.807) is 6.20 Å². The molecule has 2 aromatic heterocycles. The van der Waals surface area contributed by atoms with Crippen molar-refractivity contribution in [3.05, 3.63) is 39.1 Å². The third kappa shape index (κ3) is 2.97. The summed E-state index contributed by atoms with van der Waals surface area (Å²) in [5.41, 5.74) is 6.76. The molecular formula is C14H17BrN4S. The first-order chi connectivity index (χ1) is 9.74. The molecule has 1 aliphatic heterocycles. The fourth-order valence-corrected chi connectivity index (χ4v) is 3.95. The lowest BCUT2D eigenvalue weighted by molar-refractivity contribution is 0.251. The third-order valence-electron chi connectivity index (χ3n) is 3.55. The largest absolute Gasteiger partial charge is 0.396 e. The van der Waals surface area contributed by atoms with Crippen LogP contribution >= 0.6 is 27.3 Å². The normalized spacial score (nSPS) is 16.6. The van der Waals surface area contributed by atoms with Crippen LogP contribution in [0.1, 0.15) is 4.88 Å². The van der Waals surface area contributed by atoms with Gasteiger partial charge in [-0.1, -0.05) is 0 Å². The molecule has 0 spiro atoms. The minimum atomic E-state index is 0.766. The van der Waals surface area contributed by atoms with Gasteiger partial charge in [-0.05, 0) is 39.5 Å². The Hall–Kier alpha value is -1.11. The van der Waals surface area contributed by atoms with Gasteiger partial charge in [0.05, 0.1) is 5.69 Å². The van der Waals surface area contributed by atoms with Crippen LogP contribution < -0.4 is 10.6 Å². The van der Waals surface area contributed by atoms with Gasteiger partial charge in [-0.25, -0.2) is 4.98 Å². The second-order valence-corrected chi connectivity index (χ2v) is 6.73. The first kappa shape index (κ1) is 13.9. The van der Waals surface area contributed by atoms with Crippen LogP contribution in [-0.4, -0.2) is 36.1 Å². The summed E-state index contributed by atoms with van der Waals surface area (Å²) in [5, 5.41) is 2.13. The van der Waals surface area contributed by atoms with Gasteiger partial charge in [0.1, 0.15) is 0 Å². The number of anilines is 2. The van der Waals surface area contributed by atoms with E-state index in [9.17, 15) is 0 Å². The first-order valence-corrected chi connectivity index (χ1v) is 8.31. The van der Waals surface area contributed by atoms with Crippen molar-refractivity contribution in [1.82, 2.24) is 9.88 Å². The average molecular weight is 353 g/mol. The van der Waals surface area contributed by atoms with E-state index in [2.05, 4.69) is 42.2 Å². The minimum absolute atomic E-state index is 0.766. The number of halogens is 1. The maximum absolute atomic E-state index is 5.99. The molecule has 0 saturated carbocycles. The topological polar surface area (TPSA) is 45.4 Å². The number of nitrogens with zero attached hydrogens (tertiary/aromatic N) is 3. The number of pyridine rings is 1. The van der Waals surface area contributed by atoms with E-state index in [0.717, 1.165) is 44.2 Å².